The molecule has 31 heavy (non-hydrogen) atoms. The first-order chi connectivity index (χ1) is 15.0. The van der Waals surface area contributed by atoms with E-state index in [0.29, 0.717) is 39.0 Å². The largest absolute Gasteiger partial charge is 0.507 e. The molecule has 1 atom stereocenters. The Bertz CT molecular complexity index is 1040. The fourth-order valence-electron chi connectivity index (χ4n) is 4.86. The number of likely N-dealkylation sites (tertiary alicyclic amines) is 1. The average molecular weight is 421 g/mol. The number of hydrogen-bond donors (Lipinski definition) is 1. The Morgan fingerprint density at radius 2 is 2.03 bits per heavy atom. The van der Waals surface area contributed by atoms with Crippen LogP contribution in [0.5, 0.6) is 11.5 Å². The van der Waals surface area contributed by atoms with Crippen LogP contribution < -0.4 is 4.74 Å². The van der Waals surface area contributed by atoms with Crippen LogP contribution in [-0.4, -0.2) is 52.2 Å². The summed E-state index contributed by atoms with van der Waals surface area (Å²) in [5.74, 6) is 1.11. The molecule has 1 spiro atoms. The van der Waals surface area contributed by atoms with Gasteiger partial charge in [0.05, 0.1) is 18.4 Å². The van der Waals surface area contributed by atoms with Crippen LogP contribution >= 0.6 is 0 Å². The SMILES string of the molecule is CCOC(=O)N1CCC2(CC1)Oc1ccccc1C1CC(c3cc(C)ccc3O)=NN12. The average Bonchev–Trinajstić information content (AvgIpc) is 3.23. The van der Waals surface area contributed by atoms with E-state index >= 15 is 0 Å². The van der Waals surface area contributed by atoms with E-state index in [9.17, 15) is 9.90 Å². The molecule has 3 heterocycles. The molecule has 162 valence electrons. The van der Waals surface area contributed by atoms with Crippen LogP contribution in [0.4, 0.5) is 4.79 Å². The van der Waals surface area contributed by atoms with Crippen LogP contribution in [0, 0.1) is 6.92 Å². The van der Waals surface area contributed by atoms with Gasteiger partial charge >= 0.3 is 6.09 Å². The minimum absolute atomic E-state index is 0.0361. The fourth-order valence-corrected chi connectivity index (χ4v) is 4.86. The molecule has 5 rings (SSSR count). The number of hydrazone groups is 1. The Hall–Kier alpha value is -3.22. The van der Waals surface area contributed by atoms with Crippen molar-refractivity contribution in [1.82, 2.24) is 9.91 Å². The Kier molecular flexibility index (Phi) is 4.76. The summed E-state index contributed by atoms with van der Waals surface area (Å²) < 4.78 is 11.8. The second-order valence-corrected chi connectivity index (χ2v) is 8.40. The van der Waals surface area contributed by atoms with Crippen molar-refractivity contribution >= 4 is 11.8 Å². The van der Waals surface area contributed by atoms with Crippen molar-refractivity contribution in [2.24, 2.45) is 5.10 Å². The van der Waals surface area contributed by atoms with Gasteiger partial charge in [-0.2, -0.15) is 5.10 Å². The first-order valence-electron chi connectivity index (χ1n) is 10.9. The van der Waals surface area contributed by atoms with Crippen molar-refractivity contribution in [3.8, 4) is 11.5 Å². The molecule has 1 N–H and O–H groups in total. The molecule has 3 aliphatic heterocycles. The van der Waals surface area contributed by atoms with Crippen LogP contribution in [0.3, 0.4) is 0 Å². The maximum atomic E-state index is 12.2. The van der Waals surface area contributed by atoms with Crippen molar-refractivity contribution in [2.45, 2.75) is 44.9 Å². The summed E-state index contributed by atoms with van der Waals surface area (Å²) >= 11 is 0. The monoisotopic (exact) mass is 421 g/mol. The number of phenolic OH excluding ortho intramolecular Hbond substituents is 1. The second-order valence-electron chi connectivity index (χ2n) is 8.40. The molecule has 2 aromatic rings. The van der Waals surface area contributed by atoms with Gasteiger partial charge in [-0.1, -0.05) is 29.8 Å². The summed E-state index contributed by atoms with van der Waals surface area (Å²) in [7, 11) is 0. The highest BCUT2D eigenvalue weighted by Gasteiger charge is 2.52. The molecule has 3 aliphatic rings. The summed E-state index contributed by atoms with van der Waals surface area (Å²) in [5.41, 5.74) is 3.19. The second kappa shape index (κ2) is 7.48. The highest BCUT2D eigenvalue weighted by Crippen LogP contribution is 2.50. The van der Waals surface area contributed by atoms with E-state index in [4.69, 9.17) is 14.6 Å². The fraction of sp³-hybridized carbons (Fsp3) is 0.417. The number of piperidine rings is 1. The third-order valence-corrected chi connectivity index (χ3v) is 6.44. The molecular formula is C24H27N3O4. The molecule has 0 saturated carbocycles. The number of para-hydroxylation sites is 1. The molecule has 0 bridgehead atoms. The van der Waals surface area contributed by atoms with Gasteiger partial charge in [-0.3, -0.25) is 0 Å². The van der Waals surface area contributed by atoms with E-state index in [-0.39, 0.29) is 17.9 Å². The highest BCUT2D eigenvalue weighted by atomic mass is 16.6. The molecule has 0 radical (unpaired) electrons. The zero-order chi connectivity index (χ0) is 21.6. The summed E-state index contributed by atoms with van der Waals surface area (Å²) in [4.78, 5) is 13.9. The molecule has 1 fully saturated rings. The number of aryl methyl sites for hydroxylation is 1. The molecule has 2 aromatic carbocycles. The Morgan fingerprint density at radius 3 is 2.81 bits per heavy atom. The predicted octanol–water partition coefficient (Wildman–Crippen LogP) is 4.19. The normalized spacial score (nSPS) is 21.2. The topological polar surface area (TPSA) is 74.6 Å². The van der Waals surface area contributed by atoms with Gasteiger partial charge in [-0.15, -0.1) is 0 Å². The number of carbonyl (C=O) groups is 1. The minimum Gasteiger partial charge on any atom is -0.507 e. The number of nitrogens with zero attached hydrogens (tertiary/aromatic N) is 3. The van der Waals surface area contributed by atoms with Crippen LogP contribution in [0.15, 0.2) is 47.6 Å². The van der Waals surface area contributed by atoms with Gasteiger partial charge < -0.3 is 19.5 Å². The predicted molar refractivity (Wildman–Crippen MR) is 116 cm³/mol. The maximum Gasteiger partial charge on any atom is 0.409 e. The lowest BCUT2D eigenvalue weighted by molar-refractivity contribution is -0.147. The summed E-state index contributed by atoms with van der Waals surface area (Å²) in [5, 5.41) is 17.6. The number of fused-ring (bicyclic) bond motifs is 4. The van der Waals surface area contributed by atoms with Gasteiger partial charge in [-0.05, 0) is 32.0 Å². The van der Waals surface area contributed by atoms with E-state index in [0.717, 1.165) is 28.2 Å². The van der Waals surface area contributed by atoms with Crippen LogP contribution in [0.2, 0.25) is 0 Å². The van der Waals surface area contributed by atoms with Crippen molar-refractivity contribution in [3.05, 3.63) is 59.2 Å². The third kappa shape index (κ3) is 3.28. The Balaban J connectivity index is 1.50. The lowest BCUT2D eigenvalue weighted by Crippen LogP contribution is -2.59. The van der Waals surface area contributed by atoms with Gasteiger partial charge in [-0.25, -0.2) is 9.80 Å². The molecule has 7 heteroatoms. The van der Waals surface area contributed by atoms with E-state index in [2.05, 4.69) is 11.1 Å². The van der Waals surface area contributed by atoms with Crippen LogP contribution in [0.1, 0.15) is 48.9 Å². The van der Waals surface area contributed by atoms with Gasteiger partial charge in [0.15, 0.2) is 0 Å². The number of amides is 1. The van der Waals surface area contributed by atoms with Crippen molar-refractivity contribution in [1.29, 1.82) is 0 Å². The van der Waals surface area contributed by atoms with Crippen LogP contribution in [0.25, 0.3) is 0 Å². The minimum atomic E-state index is -0.622. The number of ether oxygens (including phenoxy) is 2. The number of phenols is 1. The van der Waals surface area contributed by atoms with E-state index in [1.165, 1.54) is 0 Å². The van der Waals surface area contributed by atoms with Gasteiger partial charge in [0.2, 0.25) is 5.72 Å². The summed E-state index contributed by atoms with van der Waals surface area (Å²) in [6.07, 6.45) is 1.68. The summed E-state index contributed by atoms with van der Waals surface area (Å²) in [6.45, 7) is 5.29. The van der Waals surface area contributed by atoms with E-state index < -0.39 is 5.72 Å². The van der Waals surface area contributed by atoms with Crippen LogP contribution in [-0.2, 0) is 4.74 Å². The smallest absolute Gasteiger partial charge is 0.409 e. The maximum absolute atomic E-state index is 12.2. The molecule has 1 amide bonds. The number of hydrogen-bond acceptors (Lipinski definition) is 6. The zero-order valence-electron chi connectivity index (χ0n) is 17.9. The van der Waals surface area contributed by atoms with Gasteiger partial charge in [0.1, 0.15) is 11.5 Å². The Labute approximate surface area is 181 Å². The molecule has 0 aliphatic carbocycles. The van der Waals surface area contributed by atoms with Crippen molar-refractivity contribution in [3.63, 3.8) is 0 Å². The standard InChI is InChI=1S/C24H27N3O4/c1-3-30-23(29)26-12-10-24(11-13-26)27-20(17-6-4-5-7-22(17)31-24)15-19(25-27)18-14-16(2)8-9-21(18)28/h4-9,14,20,28H,3,10-13,15H2,1-2H3. The van der Waals surface area contributed by atoms with Crippen molar-refractivity contribution < 1.29 is 19.4 Å². The van der Waals surface area contributed by atoms with Gasteiger partial charge in [0, 0.05) is 43.5 Å². The quantitative estimate of drug-likeness (QED) is 0.787. The molecule has 1 unspecified atom stereocenters. The molecular weight excluding hydrogens is 394 g/mol. The number of aromatic hydroxyl groups is 1. The zero-order valence-corrected chi connectivity index (χ0v) is 17.9. The first-order valence-corrected chi connectivity index (χ1v) is 10.9. The third-order valence-electron chi connectivity index (χ3n) is 6.44. The Morgan fingerprint density at radius 1 is 1.26 bits per heavy atom. The molecule has 0 aromatic heterocycles. The number of benzene rings is 2. The molecule has 1 saturated heterocycles. The highest BCUT2D eigenvalue weighted by molar-refractivity contribution is 6.04. The number of rotatable bonds is 2. The number of carbonyl (C=O) groups excluding carboxylic acids is 1. The first kappa shape index (κ1) is 19.7. The van der Waals surface area contributed by atoms with Gasteiger partial charge in [0.25, 0.3) is 0 Å². The molecule has 7 nitrogen and oxygen atoms in total. The van der Waals surface area contributed by atoms with Crippen molar-refractivity contribution in [2.75, 3.05) is 19.7 Å². The van der Waals surface area contributed by atoms with E-state index in [1.54, 1.807) is 11.0 Å². The lowest BCUT2D eigenvalue weighted by atomic mass is 9.90. The summed E-state index contributed by atoms with van der Waals surface area (Å²) in [6, 6.07) is 13.7. The van der Waals surface area contributed by atoms with E-state index in [1.807, 2.05) is 44.2 Å². The lowest BCUT2D eigenvalue weighted by Gasteiger charge is -2.50.